The van der Waals surface area contributed by atoms with Gasteiger partial charge in [0.1, 0.15) is 11.5 Å². The highest BCUT2D eigenvalue weighted by molar-refractivity contribution is 7.90. The lowest BCUT2D eigenvalue weighted by Crippen LogP contribution is -2.05. The number of sulfone groups is 1. The van der Waals surface area contributed by atoms with Gasteiger partial charge in [-0.05, 0) is 34.9 Å². The zero-order valence-corrected chi connectivity index (χ0v) is 19.6. The zero-order valence-electron chi connectivity index (χ0n) is 18.8. The summed E-state index contributed by atoms with van der Waals surface area (Å²) in [7, 11) is -3.45. The Hall–Kier alpha value is -4.17. The third kappa shape index (κ3) is 4.74. The summed E-state index contributed by atoms with van der Waals surface area (Å²) in [6, 6.07) is 23.5. The summed E-state index contributed by atoms with van der Waals surface area (Å²) < 4.78 is 37.8. The lowest BCUT2D eigenvalue weighted by atomic mass is 9.96. The molecular formula is C27H21FN4O2S. The largest absolute Gasteiger partial charge is 0.364 e. The van der Waals surface area contributed by atoms with Crippen LogP contribution in [0.3, 0.4) is 0 Å². The molecule has 0 saturated heterocycles. The fourth-order valence-electron chi connectivity index (χ4n) is 3.95. The summed E-state index contributed by atoms with van der Waals surface area (Å²) in [6.45, 7) is 0.535. The van der Waals surface area contributed by atoms with Crippen molar-refractivity contribution in [1.82, 2.24) is 15.2 Å². The van der Waals surface area contributed by atoms with Crippen LogP contribution in [0.1, 0.15) is 5.56 Å². The fourth-order valence-corrected chi connectivity index (χ4v) is 4.54. The predicted octanol–water partition coefficient (Wildman–Crippen LogP) is 5.51. The molecule has 8 heteroatoms. The van der Waals surface area contributed by atoms with E-state index in [4.69, 9.17) is 0 Å². The third-order valence-corrected chi connectivity index (χ3v) is 6.76. The summed E-state index contributed by atoms with van der Waals surface area (Å²) >= 11 is 0. The van der Waals surface area contributed by atoms with E-state index in [0.717, 1.165) is 33.7 Å². The number of fused-ring (bicyclic) bond motifs is 1. The third-order valence-electron chi connectivity index (χ3n) is 5.68. The van der Waals surface area contributed by atoms with Crippen LogP contribution in [0.2, 0.25) is 0 Å². The Labute approximate surface area is 202 Å². The van der Waals surface area contributed by atoms with Gasteiger partial charge in [0.15, 0.2) is 15.7 Å². The van der Waals surface area contributed by atoms with Gasteiger partial charge in [-0.2, -0.15) is 0 Å². The molecule has 174 valence electrons. The molecule has 0 saturated carbocycles. The topological polar surface area (TPSA) is 84.8 Å². The van der Waals surface area contributed by atoms with Gasteiger partial charge in [-0.1, -0.05) is 60.7 Å². The molecule has 5 rings (SSSR count). The molecule has 0 aliphatic carbocycles. The van der Waals surface area contributed by atoms with E-state index in [9.17, 15) is 12.8 Å². The SMILES string of the molecule is CS(=O)(=O)c1cncc(-c2nnc(NCc3ccccc3)c3c(-c4ccc(F)cc4)cccc23)c1. The van der Waals surface area contributed by atoms with Gasteiger partial charge in [0.05, 0.1) is 4.90 Å². The van der Waals surface area contributed by atoms with Gasteiger partial charge in [-0.3, -0.25) is 4.98 Å². The predicted molar refractivity (Wildman–Crippen MR) is 135 cm³/mol. The van der Waals surface area contributed by atoms with Gasteiger partial charge in [0.25, 0.3) is 0 Å². The number of nitrogens with one attached hydrogen (secondary N) is 1. The second-order valence-electron chi connectivity index (χ2n) is 8.15. The Bertz CT molecular complexity index is 1620. The molecule has 0 radical (unpaired) electrons. The van der Waals surface area contributed by atoms with Gasteiger partial charge in [0.2, 0.25) is 0 Å². The average molecular weight is 485 g/mol. The molecule has 0 fully saturated rings. The van der Waals surface area contributed by atoms with Crippen molar-refractivity contribution in [1.29, 1.82) is 0 Å². The van der Waals surface area contributed by atoms with E-state index in [2.05, 4.69) is 20.5 Å². The highest BCUT2D eigenvalue weighted by Crippen LogP contribution is 2.37. The molecule has 2 heterocycles. The minimum atomic E-state index is -3.45. The first-order chi connectivity index (χ1) is 16.9. The summed E-state index contributed by atoms with van der Waals surface area (Å²) in [6.07, 6.45) is 4.02. The smallest absolute Gasteiger partial charge is 0.177 e. The van der Waals surface area contributed by atoms with E-state index in [1.54, 1.807) is 24.4 Å². The summed E-state index contributed by atoms with van der Waals surface area (Å²) in [5, 5.41) is 13.9. The standard InChI is InChI=1S/C27H21FN4O2S/c1-35(33,34)22-14-20(16-29-17-22)26-24-9-5-8-23(19-10-12-21(28)13-11-19)25(24)27(32-31-26)30-15-18-6-3-2-4-7-18/h2-14,16-17H,15H2,1H3,(H,30,32). The first-order valence-electron chi connectivity index (χ1n) is 10.9. The number of hydrogen-bond acceptors (Lipinski definition) is 6. The number of rotatable bonds is 6. The molecule has 0 amide bonds. The molecule has 0 bridgehead atoms. The van der Waals surface area contributed by atoms with Crippen molar-refractivity contribution in [3.05, 3.63) is 103 Å². The normalized spacial score (nSPS) is 11.5. The Morgan fingerprint density at radius 1 is 0.857 bits per heavy atom. The Morgan fingerprint density at radius 2 is 1.63 bits per heavy atom. The van der Waals surface area contributed by atoms with Crippen molar-refractivity contribution in [3.8, 4) is 22.4 Å². The lowest BCUT2D eigenvalue weighted by molar-refractivity contribution is 0.601. The Morgan fingerprint density at radius 3 is 2.37 bits per heavy atom. The van der Waals surface area contributed by atoms with Crippen LogP contribution in [0, 0.1) is 5.82 Å². The summed E-state index contributed by atoms with van der Waals surface area (Å²) in [4.78, 5) is 4.22. The summed E-state index contributed by atoms with van der Waals surface area (Å²) in [5.41, 5.74) is 3.79. The van der Waals surface area contributed by atoms with Crippen LogP contribution in [0.5, 0.6) is 0 Å². The van der Waals surface area contributed by atoms with Crippen LogP contribution in [0.15, 0.2) is 96.2 Å². The van der Waals surface area contributed by atoms with E-state index in [-0.39, 0.29) is 10.7 Å². The molecule has 3 aromatic carbocycles. The number of benzene rings is 3. The molecular weight excluding hydrogens is 463 g/mol. The summed E-state index contributed by atoms with van der Waals surface area (Å²) in [5.74, 6) is 0.250. The first-order valence-corrected chi connectivity index (χ1v) is 12.8. The van der Waals surface area contributed by atoms with Crippen molar-refractivity contribution >= 4 is 26.4 Å². The molecule has 0 aliphatic rings. The van der Waals surface area contributed by atoms with Crippen molar-refractivity contribution in [3.63, 3.8) is 0 Å². The number of halogens is 1. The van der Waals surface area contributed by atoms with E-state index < -0.39 is 9.84 Å². The zero-order chi connectivity index (χ0) is 24.4. The van der Waals surface area contributed by atoms with Gasteiger partial charge in [-0.15, -0.1) is 10.2 Å². The van der Waals surface area contributed by atoms with Gasteiger partial charge in [0, 0.05) is 41.5 Å². The quantitative estimate of drug-likeness (QED) is 0.342. The van der Waals surface area contributed by atoms with Gasteiger partial charge < -0.3 is 5.32 Å². The molecule has 0 unspecified atom stereocenters. The van der Waals surface area contributed by atoms with E-state index in [0.29, 0.717) is 23.6 Å². The lowest BCUT2D eigenvalue weighted by Gasteiger charge is -2.15. The van der Waals surface area contributed by atoms with E-state index in [1.807, 2.05) is 48.5 Å². The van der Waals surface area contributed by atoms with Crippen molar-refractivity contribution in [2.24, 2.45) is 0 Å². The van der Waals surface area contributed by atoms with Crippen molar-refractivity contribution in [2.75, 3.05) is 11.6 Å². The second-order valence-corrected chi connectivity index (χ2v) is 10.2. The fraction of sp³-hybridized carbons (Fsp3) is 0.0741. The van der Waals surface area contributed by atoms with Crippen LogP contribution in [-0.2, 0) is 16.4 Å². The van der Waals surface area contributed by atoms with Crippen LogP contribution in [0.4, 0.5) is 10.2 Å². The maximum absolute atomic E-state index is 13.6. The van der Waals surface area contributed by atoms with Gasteiger partial charge >= 0.3 is 0 Å². The van der Waals surface area contributed by atoms with Gasteiger partial charge in [-0.25, -0.2) is 12.8 Å². The van der Waals surface area contributed by atoms with Crippen molar-refractivity contribution < 1.29 is 12.8 Å². The van der Waals surface area contributed by atoms with Crippen LogP contribution >= 0.6 is 0 Å². The molecule has 5 aromatic rings. The first kappa shape index (κ1) is 22.6. The minimum Gasteiger partial charge on any atom is -0.364 e. The number of aromatic nitrogens is 3. The molecule has 0 spiro atoms. The maximum Gasteiger partial charge on any atom is 0.177 e. The van der Waals surface area contributed by atoms with E-state index in [1.165, 1.54) is 18.3 Å². The minimum absolute atomic E-state index is 0.103. The van der Waals surface area contributed by atoms with Crippen molar-refractivity contribution in [2.45, 2.75) is 11.4 Å². The number of nitrogens with zero attached hydrogens (tertiary/aromatic N) is 3. The molecule has 0 atom stereocenters. The van der Waals surface area contributed by atoms with Crippen LogP contribution in [-0.4, -0.2) is 29.9 Å². The second kappa shape index (κ2) is 9.23. The highest BCUT2D eigenvalue weighted by Gasteiger charge is 2.17. The van der Waals surface area contributed by atoms with E-state index >= 15 is 0 Å². The average Bonchev–Trinajstić information content (AvgIpc) is 2.87. The number of hydrogen-bond donors (Lipinski definition) is 1. The monoisotopic (exact) mass is 484 g/mol. The highest BCUT2D eigenvalue weighted by atomic mass is 32.2. The molecule has 2 aromatic heterocycles. The maximum atomic E-state index is 13.6. The number of pyridine rings is 1. The van der Waals surface area contributed by atoms with Crippen LogP contribution < -0.4 is 5.32 Å². The molecule has 6 nitrogen and oxygen atoms in total. The molecule has 0 aliphatic heterocycles. The number of anilines is 1. The molecule has 35 heavy (non-hydrogen) atoms. The Kier molecular flexibility index (Phi) is 5.96. The Balaban J connectivity index is 1.71. The van der Waals surface area contributed by atoms with Crippen LogP contribution in [0.25, 0.3) is 33.2 Å². The molecule has 1 N–H and O–H groups in total.